The van der Waals surface area contributed by atoms with E-state index in [2.05, 4.69) is 24.0 Å². The van der Waals surface area contributed by atoms with Gasteiger partial charge in [-0.3, -0.25) is 4.90 Å². The number of nitrogens with zero attached hydrogens (tertiary/aromatic N) is 1. The molecule has 22 heavy (non-hydrogen) atoms. The zero-order valence-electron chi connectivity index (χ0n) is 13.9. The Hall–Kier alpha value is -1.02. The van der Waals surface area contributed by atoms with Gasteiger partial charge in [-0.05, 0) is 74.4 Å². The first kappa shape index (κ1) is 14.6. The van der Waals surface area contributed by atoms with Crippen molar-refractivity contribution < 1.29 is 5.11 Å². The Morgan fingerprint density at radius 3 is 3.05 bits per heavy atom. The summed E-state index contributed by atoms with van der Waals surface area (Å²) < 4.78 is 0. The fraction of sp³-hybridized carbons (Fsp3) is 0.700. The van der Waals surface area contributed by atoms with Gasteiger partial charge in [0.1, 0.15) is 5.75 Å². The summed E-state index contributed by atoms with van der Waals surface area (Å²) in [7, 11) is 0. The van der Waals surface area contributed by atoms with Crippen LogP contribution >= 0.6 is 0 Å². The van der Waals surface area contributed by atoms with Crippen LogP contribution in [-0.2, 0) is 11.8 Å². The quantitative estimate of drug-likeness (QED) is 0.902. The van der Waals surface area contributed by atoms with Crippen molar-refractivity contribution in [1.29, 1.82) is 0 Å². The van der Waals surface area contributed by atoms with E-state index in [9.17, 15) is 5.11 Å². The van der Waals surface area contributed by atoms with E-state index in [-0.39, 0.29) is 0 Å². The summed E-state index contributed by atoms with van der Waals surface area (Å²) in [6.07, 6.45) is 10.6. The van der Waals surface area contributed by atoms with Crippen LogP contribution in [0.25, 0.3) is 0 Å². The van der Waals surface area contributed by atoms with E-state index in [1.54, 1.807) is 0 Å². The first-order valence-corrected chi connectivity index (χ1v) is 9.31. The zero-order chi connectivity index (χ0) is 15.2. The normalized spacial score (nSPS) is 34.0. The van der Waals surface area contributed by atoms with Gasteiger partial charge in [-0.2, -0.15) is 0 Å². The second kappa shape index (κ2) is 5.56. The van der Waals surface area contributed by atoms with Crippen LogP contribution in [0.15, 0.2) is 18.2 Å². The van der Waals surface area contributed by atoms with E-state index >= 15 is 0 Å². The van der Waals surface area contributed by atoms with E-state index in [0.29, 0.717) is 11.2 Å². The topological polar surface area (TPSA) is 23.5 Å². The molecule has 2 aliphatic carbocycles. The molecule has 1 heterocycles. The van der Waals surface area contributed by atoms with E-state index in [1.165, 1.54) is 75.6 Å². The summed E-state index contributed by atoms with van der Waals surface area (Å²) in [5.41, 5.74) is 3.39. The maximum Gasteiger partial charge on any atom is 0.115 e. The zero-order valence-corrected chi connectivity index (χ0v) is 13.9. The first-order valence-electron chi connectivity index (χ1n) is 9.31. The minimum Gasteiger partial charge on any atom is -0.508 e. The van der Waals surface area contributed by atoms with Gasteiger partial charge in [0.05, 0.1) is 0 Å². The second-order valence-corrected chi connectivity index (χ2v) is 7.76. The number of rotatable bonds is 3. The summed E-state index contributed by atoms with van der Waals surface area (Å²) in [6, 6.07) is 6.95. The van der Waals surface area contributed by atoms with Crippen molar-refractivity contribution >= 4 is 0 Å². The SMILES string of the molecule is CCCCN1CC[C@]23CCCC[C@H]2[C@H]1Cc1ccc(O)cc13. The van der Waals surface area contributed by atoms with Gasteiger partial charge in [-0.25, -0.2) is 0 Å². The van der Waals surface area contributed by atoms with Gasteiger partial charge in [0.2, 0.25) is 0 Å². The minimum absolute atomic E-state index is 0.373. The van der Waals surface area contributed by atoms with Crippen LogP contribution in [0.1, 0.15) is 63.0 Å². The maximum atomic E-state index is 10.0. The summed E-state index contributed by atoms with van der Waals surface area (Å²) in [6.45, 7) is 4.84. The third-order valence-corrected chi connectivity index (χ3v) is 6.73. The minimum atomic E-state index is 0.373. The number of piperidine rings is 1. The highest BCUT2D eigenvalue weighted by Gasteiger charge is 2.53. The molecular weight excluding hydrogens is 270 g/mol. The van der Waals surface area contributed by atoms with Gasteiger partial charge in [0.15, 0.2) is 0 Å². The van der Waals surface area contributed by atoms with Crippen LogP contribution in [-0.4, -0.2) is 29.1 Å². The molecule has 2 heteroatoms. The third-order valence-electron chi connectivity index (χ3n) is 6.73. The standard InChI is InChI=1S/C20H29NO/c1-2-3-11-21-12-10-20-9-5-4-6-17(20)19(21)13-15-7-8-16(22)14-18(15)20/h7-8,14,17,19,22H,2-6,9-13H2,1H3/t17-,19+,20+/m0/s1. The van der Waals surface area contributed by atoms with Gasteiger partial charge >= 0.3 is 0 Å². The van der Waals surface area contributed by atoms with Crippen molar-refractivity contribution in [2.75, 3.05) is 13.1 Å². The van der Waals surface area contributed by atoms with Crippen LogP contribution in [0, 0.1) is 5.92 Å². The maximum absolute atomic E-state index is 10.0. The predicted octanol–water partition coefficient (Wildman–Crippen LogP) is 4.25. The van der Waals surface area contributed by atoms with Gasteiger partial charge in [-0.15, -0.1) is 0 Å². The van der Waals surface area contributed by atoms with E-state index in [4.69, 9.17) is 0 Å². The molecule has 0 aromatic heterocycles. The lowest BCUT2D eigenvalue weighted by Crippen LogP contribution is -2.60. The Labute approximate surface area is 134 Å². The van der Waals surface area contributed by atoms with Crippen molar-refractivity contribution in [1.82, 2.24) is 4.90 Å². The number of phenols is 1. The molecule has 1 N–H and O–H groups in total. The van der Waals surface area contributed by atoms with E-state index in [0.717, 1.165) is 12.0 Å². The fourth-order valence-electron chi connectivity index (χ4n) is 5.71. The summed E-state index contributed by atoms with van der Waals surface area (Å²) in [4.78, 5) is 2.80. The molecule has 120 valence electrons. The molecule has 0 radical (unpaired) electrons. The molecule has 1 aromatic carbocycles. The van der Waals surface area contributed by atoms with Crippen LogP contribution in [0.3, 0.4) is 0 Å². The second-order valence-electron chi connectivity index (χ2n) is 7.76. The molecule has 2 fully saturated rings. The van der Waals surface area contributed by atoms with Gasteiger partial charge < -0.3 is 5.11 Å². The van der Waals surface area contributed by atoms with Crippen LogP contribution < -0.4 is 0 Å². The summed E-state index contributed by atoms with van der Waals surface area (Å²) in [5, 5.41) is 10.0. The molecule has 3 atom stereocenters. The van der Waals surface area contributed by atoms with Gasteiger partial charge in [0, 0.05) is 11.5 Å². The summed E-state index contributed by atoms with van der Waals surface area (Å²) >= 11 is 0. The molecule has 1 aliphatic heterocycles. The Kier molecular flexibility index (Phi) is 3.68. The highest BCUT2D eigenvalue weighted by atomic mass is 16.3. The smallest absolute Gasteiger partial charge is 0.115 e. The first-order chi connectivity index (χ1) is 10.7. The number of aromatic hydroxyl groups is 1. The highest BCUT2D eigenvalue weighted by Crippen LogP contribution is 2.56. The van der Waals surface area contributed by atoms with Crippen LogP contribution in [0.5, 0.6) is 5.75 Å². The molecule has 0 amide bonds. The lowest BCUT2D eigenvalue weighted by molar-refractivity contribution is -0.0118. The number of unbranched alkanes of at least 4 members (excludes halogenated alkanes) is 1. The number of fused-ring (bicyclic) bond motifs is 1. The predicted molar refractivity (Wildman–Crippen MR) is 90.3 cm³/mol. The largest absolute Gasteiger partial charge is 0.508 e. The molecule has 1 aromatic rings. The lowest BCUT2D eigenvalue weighted by atomic mass is 9.52. The average molecular weight is 299 g/mol. The monoisotopic (exact) mass is 299 g/mol. The van der Waals surface area contributed by atoms with Gasteiger partial charge in [-0.1, -0.05) is 32.3 Å². The van der Waals surface area contributed by atoms with Crippen LogP contribution in [0.2, 0.25) is 0 Å². The van der Waals surface area contributed by atoms with Crippen molar-refractivity contribution in [3.8, 4) is 5.75 Å². The number of hydrogen-bond acceptors (Lipinski definition) is 2. The number of benzene rings is 1. The Morgan fingerprint density at radius 2 is 2.18 bits per heavy atom. The Balaban J connectivity index is 1.75. The third kappa shape index (κ3) is 2.11. The fourth-order valence-corrected chi connectivity index (χ4v) is 5.71. The lowest BCUT2D eigenvalue weighted by Gasteiger charge is -2.59. The highest BCUT2D eigenvalue weighted by molar-refractivity contribution is 5.45. The van der Waals surface area contributed by atoms with Crippen molar-refractivity contribution in [3.05, 3.63) is 29.3 Å². The van der Waals surface area contributed by atoms with E-state index in [1.807, 2.05) is 6.07 Å². The van der Waals surface area contributed by atoms with Crippen molar-refractivity contribution in [2.45, 2.75) is 69.7 Å². The molecule has 1 saturated heterocycles. The summed E-state index contributed by atoms with van der Waals surface area (Å²) in [5.74, 6) is 1.28. The molecule has 0 spiro atoms. The molecule has 2 bridgehead atoms. The molecule has 0 unspecified atom stereocenters. The average Bonchev–Trinajstić information content (AvgIpc) is 2.55. The van der Waals surface area contributed by atoms with Crippen molar-refractivity contribution in [2.24, 2.45) is 5.92 Å². The number of phenolic OH excluding ortho intramolecular Hbond substituents is 1. The molecule has 3 aliphatic rings. The molecule has 1 saturated carbocycles. The molecule has 4 rings (SSSR count). The van der Waals surface area contributed by atoms with E-state index < -0.39 is 0 Å². The van der Waals surface area contributed by atoms with Gasteiger partial charge in [0.25, 0.3) is 0 Å². The van der Waals surface area contributed by atoms with Crippen molar-refractivity contribution in [3.63, 3.8) is 0 Å². The molecule has 2 nitrogen and oxygen atoms in total. The van der Waals surface area contributed by atoms with Crippen LogP contribution in [0.4, 0.5) is 0 Å². The Bertz CT molecular complexity index is 555. The molecular formula is C20H29NO. The number of hydrogen-bond donors (Lipinski definition) is 1. The number of likely N-dealkylation sites (tertiary alicyclic amines) is 1. The Morgan fingerprint density at radius 1 is 1.27 bits per heavy atom.